The quantitative estimate of drug-likeness (QED) is 0.393. The standard InChI is InChI=1S/C17H24FN5O3S/c1-12-22-16(26-23-12)5-4-8-20-17(19-2)21-10-14-9-15(18)7-6-13(14)11-27(3,24)25/h6-7,9H,4-5,8,10-11H2,1-3H3,(H2,19,20,21). The van der Waals surface area contributed by atoms with Crippen molar-refractivity contribution in [3.63, 3.8) is 0 Å². The van der Waals surface area contributed by atoms with Crippen LogP contribution in [0.25, 0.3) is 0 Å². The van der Waals surface area contributed by atoms with Gasteiger partial charge in [-0.1, -0.05) is 11.2 Å². The molecule has 1 aromatic heterocycles. The molecule has 10 heteroatoms. The van der Waals surface area contributed by atoms with Crippen molar-refractivity contribution in [1.82, 2.24) is 20.8 Å². The zero-order chi connectivity index (χ0) is 19.9. The Labute approximate surface area is 158 Å². The van der Waals surface area contributed by atoms with Gasteiger partial charge in [0.05, 0.1) is 5.75 Å². The van der Waals surface area contributed by atoms with E-state index in [9.17, 15) is 12.8 Å². The van der Waals surface area contributed by atoms with Crippen molar-refractivity contribution in [2.45, 2.75) is 32.1 Å². The first kappa shape index (κ1) is 20.8. The van der Waals surface area contributed by atoms with Crippen molar-refractivity contribution in [2.75, 3.05) is 19.8 Å². The second kappa shape index (κ2) is 9.45. The Balaban J connectivity index is 1.87. The molecule has 0 aliphatic heterocycles. The predicted octanol–water partition coefficient (Wildman–Crippen LogP) is 1.36. The number of sulfone groups is 1. The third kappa shape index (κ3) is 7.33. The number of nitrogens with one attached hydrogen (secondary N) is 2. The van der Waals surface area contributed by atoms with E-state index in [4.69, 9.17) is 4.52 Å². The number of aromatic nitrogens is 2. The van der Waals surface area contributed by atoms with Crippen LogP contribution < -0.4 is 10.6 Å². The first-order valence-corrected chi connectivity index (χ1v) is 10.5. The predicted molar refractivity (Wildman–Crippen MR) is 101 cm³/mol. The van der Waals surface area contributed by atoms with Gasteiger partial charge in [0, 0.05) is 32.8 Å². The molecular formula is C17H24FN5O3S. The number of guanidine groups is 1. The van der Waals surface area contributed by atoms with Crippen molar-refractivity contribution in [2.24, 2.45) is 4.99 Å². The molecule has 0 bridgehead atoms. The largest absolute Gasteiger partial charge is 0.356 e. The minimum Gasteiger partial charge on any atom is -0.356 e. The number of halogens is 1. The van der Waals surface area contributed by atoms with E-state index >= 15 is 0 Å². The Morgan fingerprint density at radius 2 is 2.07 bits per heavy atom. The van der Waals surface area contributed by atoms with Gasteiger partial charge in [-0.25, -0.2) is 12.8 Å². The minimum absolute atomic E-state index is 0.139. The molecule has 27 heavy (non-hydrogen) atoms. The SMILES string of the molecule is CN=C(NCCCc1nc(C)no1)NCc1cc(F)ccc1CS(C)(=O)=O. The molecule has 1 aromatic carbocycles. The Morgan fingerprint density at radius 1 is 1.30 bits per heavy atom. The molecule has 8 nitrogen and oxygen atoms in total. The number of aryl methyl sites for hydroxylation is 2. The van der Waals surface area contributed by atoms with Crippen LogP contribution >= 0.6 is 0 Å². The highest BCUT2D eigenvalue weighted by atomic mass is 32.2. The van der Waals surface area contributed by atoms with Crippen molar-refractivity contribution in [1.29, 1.82) is 0 Å². The van der Waals surface area contributed by atoms with Gasteiger partial charge in [0.15, 0.2) is 21.6 Å². The summed E-state index contributed by atoms with van der Waals surface area (Å²) in [6, 6.07) is 4.09. The van der Waals surface area contributed by atoms with Gasteiger partial charge in [-0.3, -0.25) is 4.99 Å². The Morgan fingerprint density at radius 3 is 2.70 bits per heavy atom. The molecule has 2 aromatic rings. The number of hydrogen-bond donors (Lipinski definition) is 2. The Bertz CT molecular complexity index is 896. The molecule has 0 saturated carbocycles. The lowest BCUT2D eigenvalue weighted by atomic mass is 10.1. The van der Waals surface area contributed by atoms with E-state index in [0.717, 1.165) is 12.7 Å². The van der Waals surface area contributed by atoms with Crippen LogP contribution in [0.2, 0.25) is 0 Å². The highest BCUT2D eigenvalue weighted by Crippen LogP contribution is 2.14. The Hall–Kier alpha value is -2.49. The maximum absolute atomic E-state index is 13.6. The third-order valence-electron chi connectivity index (χ3n) is 3.69. The van der Waals surface area contributed by atoms with E-state index in [-0.39, 0.29) is 12.3 Å². The van der Waals surface area contributed by atoms with Crippen molar-refractivity contribution < 1.29 is 17.3 Å². The van der Waals surface area contributed by atoms with Crippen molar-refractivity contribution >= 4 is 15.8 Å². The molecule has 0 aliphatic rings. The fourth-order valence-corrected chi connectivity index (χ4v) is 3.32. The molecule has 0 fully saturated rings. The van der Waals surface area contributed by atoms with Gasteiger partial charge in [-0.15, -0.1) is 0 Å². The van der Waals surface area contributed by atoms with Crippen LogP contribution in [0, 0.1) is 12.7 Å². The summed E-state index contributed by atoms with van der Waals surface area (Å²) >= 11 is 0. The summed E-state index contributed by atoms with van der Waals surface area (Å²) in [6.07, 6.45) is 2.56. The highest BCUT2D eigenvalue weighted by molar-refractivity contribution is 7.89. The fraction of sp³-hybridized carbons (Fsp3) is 0.471. The summed E-state index contributed by atoms with van der Waals surface area (Å²) < 4.78 is 41.7. The van der Waals surface area contributed by atoms with Crippen LogP contribution in [0.1, 0.15) is 29.3 Å². The summed E-state index contributed by atoms with van der Waals surface area (Å²) in [5, 5.41) is 9.94. The maximum atomic E-state index is 13.6. The highest BCUT2D eigenvalue weighted by Gasteiger charge is 2.11. The summed E-state index contributed by atoms with van der Waals surface area (Å²) in [6.45, 7) is 2.65. The molecule has 0 radical (unpaired) electrons. The number of hydrogen-bond acceptors (Lipinski definition) is 6. The first-order chi connectivity index (χ1) is 12.8. The minimum atomic E-state index is -3.21. The zero-order valence-corrected chi connectivity index (χ0v) is 16.4. The number of nitrogens with zero attached hydrogens (tertiary/aromatic N) is 3. The lowest BCUT2D eigenvalue weighted by molar-refractivity contribution is 0.372. The van der Waals surface area contributed by atoms with E-state index in [1.165, 1.54) is 18.2 Å². The molecule has 0 unspecified atom stereocenters. The van der Waals surface area contributed by atoms with Crippen LogP contribution in [0.4, 0.5) is 4.39 Å². The summed E-state index contributed by atoms with van der Waals surface area (Å²) in [5.41, 5.74) is 1.14. The molecule has 0 saturated heterocycles. The monoisotopic (exact) mass is 397 g/mol. The third-order valence-corrected chi connectivity index (χ3v) is 4.52. The average molecular weight is 397 g/mol. The molecule has 0 spiro atoms. The van der Waals surface area contributed by atoms with Gasteiger partial charge in [0.1, 0.15) is 5.82 Å². The second-order valence-electron chi connectivity index (χ2n) is 6.17. The van der Waals surface area contributed by atoms with Gasteiger partial charge in [0.2, 0.25) is 5.89 Å². The molecule has 0 atom stereocenters. The van der Waals surface area contributed by atoms with Crippen LogP contribution in [-0.2, 0) is 28.6 Å². The lowest BCUT2D eigenvalue weighted by Crippen LogP contribution is -2.37. The topological polar surface area (TPSA) is 109 Å². The van der Waals surface area contributed by atoms with Gasteiger partial charge < -0.3 is 15.2 Å². The van der Waals surface area contributed by atoms with Crippen LogP contribution in [-0.4, -0.2) is 44.4 Å². The van der Waals surface area contributed by atoms with Crippen LogP contribution in [0.15, 0.2) is 27.7 Å². The summed E-state index contributed by atoms with van der Waals surface area (Å²) in [4.78, 5) is 8.24. The van der Waals surface area contributed by atoms with Crippen LogP contribution in [0.3, 0.4) is 0 Å². The molecule has 2 N–H and O–H groups in total. The lowest BCUT2D eigenvalue weighted by Gasteiger charge is -2.14. The maximum Gasteiger partial charge on any atom is 0.226 e. The fourth-order valence-electron chi connectivity index (χ4n) is 2.47. The molecular weight excluding hydrogens is 373 g/mol. The molecule has 148 valence electrons. The summed E-state index contributed by atoms with van der Waals surface area (Å²) in [5.74, 6) is 1.17. The first-order valence-electron chi connectivity index (χ1n) is 8.45. The van der Waals surface area contributed by atoms with Crippen molar-refractivity contribution in [3.8, 4) is 0 Å². The smallest absolute Gasteiger partial charge is 0.226 e. The zero-order valence-electron chi connectivity index (χ0n) is 15.6. The van der Waals surface area contributed by atoms with Gasteiger partial charge >= 0.3 is 0 Å². The molecule has 2 rings (SSSR count). The molecule has 0 aliphatic carbocycles. The van der Waals surface area contributed by atoms with E-state index in [1.54, 1.807) is 14.0 Å². The molecule has 0 amide bonds. The van der Waals surface area contributed by atoms with Crippen molar-refractivity contribution in [3.05, 3.63) is 46.9 Å². The van der Waals surface area contributed by atoms with Gasteiger partial charge in [-0.05, 0) is 36.6 Å². The van der Waals surface area contributed by atoms with E-state index in [1.807, 2.05) is 0 Å². The van der Waals surface area contributed by atoms with Crippen LogP contribution in [0.5, 0.6) is 0 Å². The normalized spacial score (nSPS) is 12.2. The van der Waals surface area contributed by atoms with E-state index in [2.05, 4.69) is 25.8 Å². The number of rotatable bonds is 8. The number of aliphatic imine (C=N–C) groups is 1. The Kier molecular flexibility index (Phi) is 7.28. The molecule has 1 heterocycles. The van der Waals surface area contributed by atoms with E-state index < -0.39 is 15.7 Å². The van der Waals surface area contributed by atoms with E-state index in [0.29, 0.717) is 41.8 Å². The number of benzene rings is 1. The van der Waals surface area contributed by atoms with Gasteiger partial charge in [0.25, 0.3) is 0 Å². The summed E-state index contributed by atoms with van der Waals surface area (Å²) in [7, 11) is -1.59. The second-order valence-corrected chi connectivity index (χ2v) is 8.31. The average Bonchev–Trinajstić information content (AvgIpc) is 3.00. The van der Waals surface area contributed by atoms with Gasteiger partial charge in [-0.2, -0.15) is 4.98 Å².